The van der Waals surface area contributed by atoms with Crippen molar-refractivity contribution in [3.63, 3.8) is 0 Å². The first-order valence-electron chi connectivity index (χ1n) is 4.95. The average molecular weight is 281 g/mol. The number of hydrogen-bond donors (Lipinski definition) is 1. The van der Waals surface area contributed by atoms with E-state index in [1.54, 1.807) is 10.9 Å². The van der Waals surface area contributed by atoms with Gasteiger partial charge in [0.25, 0.3) is 0 Å². The van der Waals surface area contributed by atoms with Gasteiger partial charge in [-0.05, 0) is 48.3 Å². The third-order valence-electron chi connectivity index (χ3n) is 2.72. The normalized spacial score (nSPS) is 10.8. The molecule has 0 aromatic carbocycles. The van der Waals surface area contributed by atoms with E-state index in [-0.39, 0.29) is 0 Å². The van der Waals surface area contributed by atoms with Gasteiger partial charge in [0.2, 0.25) is 0 Å². The van der Waals surface area contributed by atoms with Crippen LogP contribution in [0.1, 0.15) is 17.0 Å². The number of hydrogen-bond acceptors (Lipinski definition) is 3. The highest BCUT2D eigenvalue weighted by molar-refractivity contribution is 9.10. The minimum Gasteiger partial charge on any atom is -0.396 e. The molecule has 0 bridgehead atoms. The molecule has 0 spiro atoms. The molecule has 16 heavy (non-hydrogen) atoms. The van der Waals surface area contributed by atoms with Gasteiger partial charge in [0, 0.05) is 16.4 Å². The Hall–Kier alpha value is -1.36. The van der Waals surface area contributed by atoms with Crippen LogP contribution >= 0.6 is 15.9 Å². The van der Waals surface area contributed by atoms with Crippen molar-refractivity contribution in [2.75, 3.05) is 5.73 Å². The Morgan fingerprint density at radius 2 is 2.00 bits per heavy atom. The van der Waals surface area contributed by atoms with Crippen molar-refractivity contribution >= 4 is 21.6 Å². The Balaban J connectivity index is 2.63. The number of aromatic nitrogens is 3. The molecule has 0 fully saturated rings. The number of nitrogen functional groups attached to an aromatic ring is 1. The van der Waals surface area contributed by atoms with Crippen LogP contribution in [-0.4, -0.2) is 14.8 Å². The zero-order chi connectivity index (χ0) is 11.9. The van der Waals surface area contributed by atoms with E-state index in [0.717, 1.165) is 15.9 Å². The molecular weight excluding hydrogens is 268 g/mol. The smallest absolute Gasteiger partial charge is 0.176 e. The van der Waals surface area contributed by atoms with Gasteiger partial charge >= 0.3 is 0 Å². The Kier molecular flexibility index (Phi) is 2.71. The van der Waals surface area contributed by atoms with Crippen LogP contribution in [0.5, 0.6) is 0 Å². The lowest BCUT2D eigenvalue weighted by molar-refractivity contribution is 0.807. The first-order chi connectivity index (χ1) is 7.50. The molecule has 2 N–H and O–H groups in total. The summed E-state index contributed by atoms with van der Waals surface area (Å²) in [6.45, 7) is 6.04. The van der Waals surface area contributed by atoms with Gasteiger partial charge < -0.3 is 5.73 Å². The van der Waals surface area contributed by atoms with Crippen molar-refractivity contribution in [3.05, 3.63) is 33.7 Å². The number of nitrogens with zero attached hydrogens (tertiary/aromatic N) is 3. The number of halogens is 1. The average Bonchev–Trinajstić information content (AvgIpc) is 2.46. The molecule has 5 heteroatoms. The third kappa shape index (κ3) is 1.71. The van der Waals surface area contributed by atoms with Gasteiger partial charge in [-0.15, -0.1) is 0 Å². The fourth-order valence-corrected chi connectivity index (χ4v) is 1.90. The molecule has 0 unspecified atom stereocenters. The molecule has 0 amide bonds. The summed E-state index contributed by atoms with van der Waals surface area (Å²) in [5, 5.41) is 4.43. The second-order valence-corrected chi connectivity index (χ2v) is 4.69. The highest BCUT2D eigenvalue weighted by Crippen LogP contribution is 2.22. The van der Waals surface area contributed by atoms with Crippen LogP contribution in [0.4, 0.5) is 5.69 Å². The van der Waals surface area contributed by atoms with Crippen molar-refractivity contribution in [3.8, 4) is 5.82 Å². The lowest BCUT2D eigenvalue weighted by Gasteiger charge is -2.06. The molecule has 2 aromatic rings. The number of pyridine rings is 1. The van der Waals surface area contributed by atoms with Gasteiger partial charge in [-0.2, -0.15) is 5.10 Å². The Labute approximate surface area is 103 Å². The minimum absolute atomic E-state index is 0.611. The van der Waals surface area contributed by atoms with Crippen molar-refractivity contribution in [2.45, 2.75) is 20.8 Å². The molecule has 4 nitrogen and oxygen atoms in total. The quantitative estimate of drug-likeness (QED) is 0.873. The molecule has 0 atom stereocenters. The first-order valence-corrected chi connectivity index (χ1v) is 5.74. The monoisotopic (exact) mass is 280 g/mol. The Morgan fingerprint density at radius 1 is 1.31 bits per heavy atom. The van der Waals surface area contributed by atoms with E-state index in [0.29, 0.717) is 11.5 Å². The predicted octanol–water partition coefficient (Wildman–Crippen LogP) is 2.54. The second-order valence-electron chi connectivity index (χ2n) is 3.77. The molecule has 0 aliphatic rings. The Morgan fingerprint density at radius 3 is 2.50 bits per heavy atom. The minimum atomic E-state index is 0.611. The van der Waals surface area contributed by atoms with Crippen LogP contribution in [0.25, 0.3) is 5.82 Å². The maximum absolute atomic E-state index is 5.93. The summed E-state index contributed by atoms with van der Waals surface area (Å²) >= 11 is 3.33. The molecule has 0 aliphatic heterocycles. The summed E-state index contributed by atoms with van der Waals surface area (Å²) in [5.74, 6) is 0.678. The molecule has 2 rings (SSSR count). The van der Waals surface area contributed by atoms with E-state index >= 15 is 0 Å². The fraction of sp³-hybridized carbons (Fsp3) is 0.273. The van der Waals surface area contributed by atoms with E-state index in [1.165, 1.54) is 5.56 Å². The van der Waals surface area contributed by atoms with Gasteiger partial charge in [-0.1, -0.05) is 0 Å². The van der Waals surface area contributed by atoms with E-state index < -0.39 is 0 Å². The molecule has 0 aliphatic carbocycles. The maximum Gasteiger partial charge on any atom is 0.176 e. The molecular formula is C11H13BrN4. The van der Waals surface area contributed by atoms with Crippen molar-refractivity contribution in [2.24, 2.45) is 0 Å². The van der Waals surface area contributed by atoms with E-state index in [9.17, 15) is 0 Å². The SMILES string of the molecule is Cc1nn(-c2ncc(Br)cc2N)c(C)c1C. The van der Waals surface area contributed by atoms with E-state index in [4.69, 9.17) is 5.73 Å². The molecule has 0 radical (unpaired) electrons. The lowest BCUT2D eigenvalue weighted by atomic mass is 10.2. The van der Waals surface area contributed by atoms with Crippen LogP contribution in [0.15, 0.2) is 16.7 Å². The number of aryl methyl sites for hydroxylation is 1. The van der Waals surface area contributed by atoms with Crippen LogP contribution in [0.2, 0.25) is 0 Å². The summed E-state index contributed by atoms with van der Waals surface area (Å²) in [7, 11) is 0. The van der Waals surface area contributed by atoms with Gasteiger partial charge in [0.1, 0.15) is 0 Å². The molecule has 84 valence electrons. The van der Waals surface area contributed by atoms with Gasteiger partial charge in [0.15, 0.2) is 5.82 Å². The van der Waals surface area contributed by atoms with Crippen molar-refractivity contribution < 1.29 is 0 Å². The largest absolute Gasteiger partial charge is 0.396 e. The van der Waals surface area contributed by atoms with E-state index in [1.807, 2.05) is 26.8 Å². The fourth-order valence-electron chi connectivity index (χ4n) is 1.55. The van der Waals surface area contributed by atoms with Crippen LogP contribution < -0.4 is 5.73 Å². The van der Waals surface area contributed by atoms with Gasteiger partial charge in [-0.25, -0.2) is 9.67 Å². The zero-order valence-electron chi connectivity index (χ0n) is 9.45. The summed E-state index contributed by atoms with van der Waals surface area (Å²) in [4.78, 5) is 4.29. The number of rotatable bonds is 1. The summed E-state index contributed by atoms with van der Waals surface area (Å²) in [6.07, 6.45) is 1.72. The lowest BCUT2D eigenvalue weighted by Crippen LogP contribution is -2.06. The van der Waals surface area contributed by atoms with Crippen LogP contribution in [-0.2, 0) is 0 Å². The first kappa shape index (κ1) is 11.1. The summed E-state index contributed by atoms with van der Waals surface area (Å²) in [5.41, 5.74) is 9.78. The summed E-state index contributed by atoms with van der Waals surface area (Å²) < 4.78 is 2.65. The topological polar surface area (TPSA) is 56.7 Å². The van der Waals surface area contributed by atoms with E-state index in [2.05, 4.69) is 26.0 Å². The molecule has 2 aromatic heterocycles. The highest BCUT2D eigenvalue weighted by atomic mass is 79.9. The number of nitrogens with two attached hydrogens (primary N) is 1. The standard InChI is InChI=1S/C11H13BrN4/c1-6-7(2)15-16(8(6)3)11-10(13)4-9(12)5-14-11/h4-5H,13H2,1-3H3. The van der Waals surface area contributed by atoms with Gasteiger partial charge in [0.05, 0.1) is 11.4 Å². The van der Waals surface area contributed by atoms with Crippen LogP contribution in [0.3, 0.4) is 0 Å². The molecule has 0 saturated heterocycles. The highest BCUT2D eigenvalue weighted by Gasteiger charge is 2.12. The molecule has 2 heterocycles. The summed E-state index contributed by atoms with van der Waals surface area (Å²) in [6, 6.07) is 1.83. The van der Waals surface area contributed by atoms with Crippen molar-refractivity contribution in [1.29, 1.82) is 0 Å². The maximum atomic E-state index is 5.93. The zero-order valence-corrected chi connectivity index (χ0v) is 11.0. The predicted molar refractivity (Wildman–Crippen MR) is 67.7 cm³/mol. The Bertz CT molecular complexity index is 545. The second kappa shape index (κ2) is 3.90. The molecule has 0 saturated carbocycles. The van der Waals surface area contributed by atoms with Crippen LogP contribution in [0, 0.1) is 20.8 Å². The number of anilines is 1. The van der Waals surface area contributed by atoms with Gasteiger partial charge in [-0.3, -0.25) is 0 Å². The van der Waals surface area contributed by atoms with Crippen molar-refractivity contribution in [1.82, 2.24) is 14.8 Å². The third-order valence-corrected chi connectivity index (χ3v) is 3.15.